The van der Waals surface area contributed by atoms with Crippen molar-refractivity contribution in [2.45, 2.75) is 19.9 Å². The summed E-state index contributed by atoms with van der Waals surface area (Å²) in [5.74, 6) is -0.324. The van der Waals surface area contributed by atoms with E-state index in [9.17, 15) is 14.9 Å². The summed E-state index contributed by atoms with van der Waals surface area (Å²) in [6, 6.07) is 4.14. The molecule has 1 aromatic carbocycles. The summed E-state index contributed by atoms with van der Waals surface area (Å²) in [6.45, 7) is 4.24. The van der Waals surface area contributed by atoms with Gasteiger partial charge in [0, 0.05) is 25.9 Å². The Morgan fingerprint density at radius 2 is 2.10 bits per heavy atom. The predicted octanol–water partition coefficient (Wildman–Crippen LogP) is 2.04. The second kappa shape index (κ2) is 7.58. The third-order valence-electron chi connectivity index (χ3n) is 3.19. The third-order valence-corrected chi connectivity index (χ3v) is 3.19. The summed E-state index contributed by atoms with van der Waals surface area (Å²) in [7, 11) is 3.23. The van der Waals surface area contributed by atoms with Gasteiger partial charge in [-0.05, 0) is 18.1 Å². The number of nitro groups is 1. The average molecular weight is 295 g/mol. The van der Waals surface area contributed by atoms with E-state index in [1.165, 1.54) is 12.1 Å². The molecule has 0 heterocycles. The molecular formula is C14H21N3O4. The summed E-state index contributed by atoms with van der Waals surface area (Å²) in [6.07, 6.45) is 0. The molecule has 0 radical (unpaired) electrons. The summed E-state index contributed by atoms with van der Waals surface area (Å²) < 4.78 is 5.06. The molecule has 1 unspecified atom stereocenters. The van der Waals surface area contributed by atoms with Gasteiger partial charge < -0.3 is 15.4 Å². The van der Waals surface area contributed by atoms with Crippen molar-refractivity contribution in [3.63, 3.8) is 0 Å². The summed E-state index contributed by atoms with van der Waals surface area (Å²) >= 11 is 0. The number of carbonyl (C=O) groups is 1. The highest BCUT2D eigenvalue weighted by Gasteiger charge is 2.24. The minimum Gasteiger partial charge on any atom is -0.388 e. The number of hydrogen-bond donors (Lipinski definition) is 2. The molecule has 7 nitrogen and oxygen atoms in total. The van der Waals surface area contributed by atoms with Crippen molar-refractivity contribution in [1.29, 1.82) is 0 Å². The molecule has 0 bridgehead atoms. The molecule has 1 atom stereocenters. The Morgan fingerprint density at radius 1 is 1.43 bits per heavy atom. The van der Waals surface area contributed by atoms with Crippen LogP contribution in [0.2, 0.25) is 0 Å². The fourth-order valence-corrected chi connectivity index (χ4v) is 1.86. The lowest BCUT2D eigenvalue weighted by molar-refractivity contribution is -0.385. The van der Waals surface area contributed by atoms with Crippen molar-refractivity contribution in [3.8, 4) is 0 Å². The number of methoxy groups -OCH3 is 1. The van der Waals surface area contributed by atoms with Crippen molar-refractivity contribution in [2.75, 3.05) is 26.1 Å². The fraction of sp³-hybridized carbons (Fsp3) is 0.500. The van der Waals surface area contributed by atoms with Gasteiger partial charge in [-0.25, -0.2) is 0 Å². The zero-order valence-electron chi connectivity index (χ0n) is 12.7. The molecule has 1 rings (SSSR count). The number of anilines is 1. The van der Waals surface area contributed by atoms with Gasteiger partial charge in [-0.2, -0.15) is 0 Å². The van der Waals surface area contributed by atoms with Crippen LogP contribution in [-0.4, -0.2) is 37.6 Å². The Kier molecular flexibility index (Phi) is 6.10. The van der Waals surface area contributed by atoms with Gasteiger partial charge in [-0.15, -0.1) is 0 Å². The van der Waals surface area contributed by atoms with Gasteiger partial charge in [0.1, 0.15) is 5.56 Å². The van der Waals surface area contributed by atoms with Crippen molar-refractivity contribution in [2.24, 2.45) is 5.92 Å². The highest BCUT2D eigenvalue weighted by Crippen LogP contribution is 2.22. The molecule has 116 valence electrons. The minimum absolute atomic E-state index is 0.0357. The number of nitro benzene ring substituents is 1. The van der Waals surface area contributed by atoms with Crippen LogP contribution in [-0.2, 0) is 4.74 Å². The van der Waals surface area contributed by atoms with Crippen LogP contribution in [0.25, 0.3) is 0 Å². The Morgan fingerprint density at radius 3 is 2.57 bits per heavy atom. The van der Waals surface area contributed by atoms with Crippen LogP contribution in [0.3, 0.4) is 0 Å². The van der Waals surface area contributed by atoms with Gasteiger partial charge in [0.05, 0.1) is 17.6 Å². The standard InChI is InChI=1S/C14H21N3O4/c1-9(2)12(8-21-4)16-14(18)11-7-10(15-3)5-6-13(11)17(19)20/h5-7,9,12,15H,8H2,1-4H3,(H,16,18). The molecule has 7 heteroatoms. The first-order valence-electron chi connectivity index (χ1n) is 6.66. The normalized spacial score (nSPS) is 12.0. The van der Waals surface area contributed by atoms with Crippen LogP contribution in [0.4, 0.5) is 11.4 Å². The van der Waals surface area contributed by atoms with E-state index in [0.29, 0.717) is 12.3 Å². The number of nitrogens with one attached hydrogen (secondary N) is 2. The quantitative estimate of drug-likeness (QED) is 0.593. The monoisotopic (exact) mass is 295 g/mol. The van der Waals surface area contributed by atoms with E-state index in [4.69, 9.17) is 4.74 Å². The molecule has 0 spiro atoms. The molecule has 0 saturated carbocycles. The van der Waals surface area contributed by atoms with Crippen LogP contribution in [0.15, 0.2) is 18.2 Å². The molecule has 0 saturated heterocycles. The molecule has 1 aromatic rings. The Balaban J connectivity index is 3.07. The Hall–Kier alpha value is -2.15. The number of rotatable bonds is 7. The van der Waals surface area contributed by atoms with Crippen LogP contribution >= 0.6 is 0 Å². The Bertz CT molecular complexity index is 517. The van der Waals surface area contributed by atoms with Crippen molar-refractivity contribution in [3.05, 3.63) is 33.9 Å². The van der Waals surface area contributed by atoms with E-state index in [2.05, 4.69) is 10.6 Å². The molecule has 0 aromatic heterocycles. The van der Waals surface area contributed by atoms with Crippen LogP contribution in [0.1, 0.15) is 24.2 Å². The molecule has 21 heavy (non-hydrogen) atoms. The second-order valence-electron chi connectivity index (χ2n) is 5.02. The first-order valence-corrected chi connectivity index (χ1v) is 6.66. The van der Waals surface area contributed by atoms with Crippen LogP contribution < -0.4 is 10.6 Å². The Labute approximate surface area is 123 Å². The number of hydrogen-bond acceptors (Lipinski definition) is 5. The van der Waals surface area contributed by atoms with E-state index in [1.54, 1.807) is 20.2 Å². The van der Waals surface area contributed by atoms with E-state index in [-0.39, 0.29) is 23.2 Å². The van der Waals surface area contributed by atoms with Gasteiger partial charge >= 0.3 is 0 Å². The minimum atomic E-state index is -0.560. The topological polar surface area (TPSA) is 93.5 Å². The zero-order chi connectivity index (χ0) is 16.0. The van der Waals surface area contributed by atoms with E-state index >= 15 is 0 Å². The fourth-order valence-electron chi connectivity index (χ4n) is 1.86. The lowest BCUT2D eigenvalue weighted by Gasteiger charge is -2.21. The third kappa shape index (κ3) is 4.42. The molecule has 1 amide bonds. The van der Waals surface area contributed by atoms with E-state index < -0.39 is 10.8 Å². The molecular weight excluding hydrogens is 274 g/mol. The largest absolute Gasteiger partial charge is 0.388 e. The van der Waals surface area contributed by atoms with Gasteiger partial charge in [0.2, 0.25) is 0 Å². The van der Waals surface area contributed by atoms with E-state index in [0.717, 1.165) is 0 Å². The van der Waals surface area contributed by atoms with Gasteiger partial charge in [0.15, 0.2) is 0 Å². The predicted molar refractivity (Wildman–Crippen MR) is 80.6 cm³/mol. The number of benzene rings is 1. The summed E-state index contributed by atoms with van der Waals surface area (Å²) in [5, 5.41) is 16.7. The number of carbonyl (C=O) groups excluding carboxylic acids is 1. The lowest BCUT2D eigenvalue weighted by atomic mass is 10.0. The highest BCUT2D eigenvalue weighted by molar-refractivity contribution is 5.99. The second-order valence-corrected chi connectivity index (χ2v) is 5.02. The first kappa shape index (κ1) is 16.9. The molecule has 0 aliphatic heterocycles. The first-order chi connectivity index (χ1) is 9.90. The average Bonchev–Trinajstić information content (AvgIpc) is 2.45. The SMILES string of the molecule is CNc1ccc([N+](=O)[O-])c(C(=O)NC(COC)C(C)C)c1. The summed E-state index contributed by atoms with van der Waals surface area (Å²) in [5.41, 5.74) is 0.457. The zero-order valence-corrected chi connectivity index (χ0v) is 12.7. The van der Waals surface area contributed by atoms with Crippen molar-refractivity contribution < 1.29 is 14.5 Å². The van der Waals surface area contributed by atoms with Crippen molar-refractivity contribution >= 4 is 17.3 Å². The van der Waals surface area contributed by atoms with Gasteiger partial charge in [-0.1, -0.05) is 13.8 Å². The lowest BCUT2D eigenvalue weighted by Crippen LogP contribution is -2.41. The molecule has 0 aliphatic carbocycles. The van der Waals surface area contributed by atoms with E-state index in [1.807, 2.05) is 13.8 Å². The van der Waals surface area contributed by atoms with Gasteiger partial charge in [-0.3, -0.25) is 14.9 Å². The molecule has 0 fully saturated rings. The maximum Gasteiger partial charge on any atom is 0.282 e. The van der Waals surface area contributed by atoms with Crippen molar-refractivity contribution in [1.82, 2.24) is 5.32 Å². The van der Waals surface area contributed by atoms with Crippen LogP contribution in [0.5, 0.6) is 0 Å². The number of ether oxygens (including phenoxy) is 1. The number of nitrogens with zero attached hydrogens (tertiary/aromatic N) is 1. The number of amides is 1. The smallest absolute Gasteiger partial charge is 0.282 e. The van der Waals surface area contributed by atoms with Gasteiger partial charge in [0.25, 0.3) is 11.6 Å². The maximum absolute atomic E-state index is 12.3. The maximum atomic E-state index is 12.3. The van der Waals surface area contributed by atoms with Crippen LogP contribution in [0, 0.1) is 16.0 Å². The molecule has 0 aliphatic rings. The summed E-state index contributed by atoms with van der Waals surface area (Å²) in [4.78, 5) is 22.8. The highest BCUT2D eigenvalue weighted by atomic mass is 16.6. The molecule has 2 N–H and O–H groups in total.